The van der Waals surface area contributed by atoms with E-state index in [1.54, 1.807) is 0 Å². The lowest BCUT2D eigenvalue weighted by Crippen LogP contribution is -2.33. The summed E-state index contributed by atoms with van der Waals surface area (Å²) in [5.74, 6) is 0.489. The third-order valence-corrected chi connectivity index (χ3v) is 3.83. The predicted octanol–water partition coefficient (Wildman–Crippen LogP) is 2.40. The molecule has 104 valence electrons. The molecule has 0 bridgehead atoms. The smallest absolute Gasteiger partial charge is 0.238 e. The molecule has 1 aliphatic rings. The van der Waals surface area contributed by atoms with Gasteiger partial charge in [-0.05, 0) is 37.5 Å². The molecule has 0 aliphatic carbocycles. The van der Waals surface area contributed by atoms with E-state index >= 15 is 0 Å². The first kappa shape index (κ1) is 14.5. The van der Waals surface area contributed by atoms with Crippen molar-refractivity contribution < 1.29 is 9.53 Å². The van der Waals surface area contributed by atoms with Gasteiger partial charge in [0.1, 0.15) is 0 Å². The lowest BCUT2D eigenvalue weighted by molar-refractivity contribution is -0.115. The first-order valence-electron chi connectivity index (χ1n) is 6.53. The van der Waals surface area contributed by atoms with Gasteiger partial charge < -0.3 is 15.4 Å². The molecule has 5 heteroatoms. The maximum atomic E-state index is 11.8. The van der Waals surface area contributed by atoms with E-state index in [2.05, 4.69) is 33.5 Å². The van der Waals surface area contributed by atoms with Gasteiger partial charge in [0.2, 0.25) is 5.91 Å². The zero-order chi connectivity index (χ0) is 13.7. The van der Waals surface area contributed by atoms with Crippen molar-refractivity contribution in [3.8, 4) is 0 Å². The van der Waals surface area contributed by atoms with Crippen molar-refractivity contribution in [1.29, 1.82) is 0 Å². The molecule has 2 atom stereocenters. The average Bonchev–Trinajstić information content (AvgIpc) is 2.75. The van der Waals surface area contributed by atoms with Crippen LogP contribution in [0, 0.1) is 5.92 Å². The number of carbonyl (C=O) groups excluding carboxylic acids is 1. The van der Waals surface area contributed by atoms with Gasteiger partial charge in [-0.1, -0.05) is 22.0 Å². The third kappa shape index (κ3) is 4.60. The second-order valence-electron chi connectivity index (χ2n) is 4.81. The zero-order valence-electron chi connectivity index (χ0n) is 11.0. The maximum Gasteiger partial charge on any atom is 0.238 e. The Morgan fingerprint density at radius 3 is 3.05 bits per heavy atom. The highest BCUT2D eigenvalue weighted by molar-refractivity contribution is 9.10. The number of nitrogens with one attached hydrogen (secondary N) is 2. The van der Waals surface area contributed by atoms with Crippen LogP contribution in [-0.2, 0) is 9.53 Å². The van der Waals surface area contributed by atoms with Crippen molar-refractivity contribution in [3.05, 3.63) is 28.7 Å². The summed E-state index contributed by atoms with van der Waals surface area (Å²) < 4.78 is 6.44. The lowest BCUT2D eigenvalue weighted by Gasteiger charge is -2.14. The number of halogens is 1. The number of carbonyl (C=O) groups is 1. The van der Waals surface area contributed by atoms with Crippen LogP contribution in [0.4, 0.5) is 5.69 Å². The van der Waals surface area contributed by atoms with Crippen molar-refractivity contribution in [2.75, 3.05) is 25.0 Å². The normalized spacial score (nSPS) is 22.4. The molecule has 19 heavy (non-hydrogen) atoms. The summed E-state index contributed by atoms with van der Waals surface area (Å²) in [5, 5.41) is 6.05. The van der Waals surface area contributed by atoms with Gasteiger partial charge in [-0.15, -0.1) is 0 Å². The van der Waals surface area contributed by atoms with Gasteiger partial charge in [-0.25, -0.2) is 0 Å². The molecule has 2 rings (SSSR count). The molecule has 1 amide bonds. The van der Waals surface area contributed by atoms with E-state index in [0.717, 1.165) is 29.7 Å². The van der Waals surface area contributed by atoms with E-state index < -0.39 is 0 Å². The molecular formula is C14H19BrN2O2. The SMILES string of the molecule is CC1OCCC1CNCC(=O)Nc1cccc(Br)c1. The molecule has 2 N–H and O–H groups in total. The second kappa shape index (κ2) is 7.03. The quantitative estimate of drug-likeness (QED) is 0.873. The number of ether oxygens (including phenoxy) is 1. The molecule has 0 saturated carbocycles. The van der Waals surface area contributed by atoms with E-state index in [4.69, 9.17) is 4.74 Å². The molecule has 1 aromatic carbocycles. The fourth-order valence-electron chi connectivity index (χ4n) is 2.19. The van der Waals surface area contributed by atoms with E-state index in [1.807, 2.05) is 24.3 Å². The van der Waals surface area contributed by atoms with E-state index in [9.17, 15) is 4.79 Å². The highest BCUT2D eigenvalue weighted by Crippen LogP contribution is 2.19. The number of hydrogen-bond acceptors (Lipinski definition) is 3. The third-order valence-electron chi connectivity index (χ3n) is 3.33. The number of hydrogen-bond donors (Lipinski definition) is 2. The summed E-state index contributed by atoms with van der Waals surface area (Å²) in [6.45, 7) is 4.07. The Morgan fingerprint density at radius 2 is 2.37 bits per heavy atom. The van der Waals surface area contributed by atoms with E-state index in [0.29, 0.717) is 18.6 Å². The van der Waals surface area contributed by atoms with Crippen molar-refractivity contribution in [3.63, 3.8) is 0 Å². The predicted molar refractivity (Wildman–Crippen MR) is 79.2 cm³/mol. The highest BCUT2D eigenvalue weighted by Gasteiger charge is 2.23. The highest BCUT2D eigenvalue weighted by atomic mass is 79.9. The van der Waals surface area contributed by atoms with Crippen LogP contribution < -0.4 is 10.6 Å². The van der Waals surface area contributed by atoms with E-state index in [1.165, 1.54) is 0 Å². The Balaban J connectivity index is 1.70. The van der Waals surface area contributed by atoms with Crippen LogP contribution in [0.15, 0.2) is 28.7 Å². The summed E-state index contributed by atoms with van der Waals surface area (Å²) in [6, 6.07) is 7.57. The first-order chi connectivity index (χ1) is 9.15. The minimum atomic E-state index is -0.0235. The van der Waals surface area contributed by atoms with Crippen LogP contribution in [0.1, 0.15) is 13.3 Å². The number of amides is 1. The zero-order valence-corrected chi connectivity index (χ0v) is 12.6. The molecular weight excluding hydrogens is 308 g/mol. The van der Waals surface area contributed by atoms with Gasteiger partial charge in [0.05, 0.1) is 12.6 Å². The second-order valence-corrected chi connectivity index (χ2v) is 5.73. The summed E-state index contributed by atoms with van der Waals surface area (Å²) in [4.78, 5) is 11.8. The molecule has 0 aromatic heterocycles. The molecule has 2 unspecified atom stereocenters. The van der Waals surface area contributed by atoms with Crippen LogP contribution in [0.3, 0.4) is 0 Å². The fourth-order valence-corrected chi connectivity index (χ4v) is 2.59. The van der Waals surface area contributed by atoms with Crippen LogP contribution >= 0.6 is 15.9 Å². The number of benzene rings is 1. The molecule has 1 aromatic rings. The Hall–Kier alpha value is -0.910. The largest absolute Gasteiger partial charge is 0.378 e. The monoisotopic (exact) mass is 326 g/mol. The molecule has 1 heterocycles. The van der Waals surface area contributed by atoms with Gasteiger partial charge in [0.15, 0.2) is 0 Å². The Labute approximate surface area is 122 Å². The summed E-state index contributed by atoms with van der Waals surface area (Å²) >= 11 is 3.38. The maximum absolute atomic E-state index is 11.8. The average molecular weight is 327 g/mol. The standard InChI is InChI=1S/C14H19BrN2O2/c1-10-11(5-6-19-10)8-16-9-14(18)17-13-4-2-3-12(15)7-13/h2-4,7,10-11,16H,5-6,8-9H2,1H3,(H,17,18). The van der Waals surface area contributed by atoms with Crippen molar-refractivity contribution in [2.45, 2.75) is 19.4 Å². The minimum Gasteiger partial charge on any atom is -0.378 e. The summed E-state index contributed by atoms with van der Waals surface area (Å²) in [7, 11) is 0. The first-order valence-corrected chi connectivity index (χ1v) is 7.32. The number of rotatable bonds is 5. The van der Waals surface area contributed by atoms with Crippen molar-refractivity contribution in [2.24, 2.45) is 5.92 Å². The van der Waals surface area contributed by atoms with Crippen LogP contribution in [0.25, 0.3) is 0 Å². The Bertz CT molecular complexity index is 439. The Kier molecular flexibility index (Phi) is 5.36. The fraction of sp³-hybridized carbons (Fsp3) is 0.500. The van der Waals surface area contributed by atoms with Crippen LogP contribution in [0.5, 0.6) is 0 Å². The van der Waals surface area contributed by atoms with Gasteiger partial charge in [0, 0.05) is 23.3 Å². The lowest BCUT2D eigenvalue weighted by atomic mass is 10.0. The van der Waals surface area contributed by atoms with E-state index in [-0.39, 0.29) is 5.91 Å². The Morgan fingerprint density at radius 1 is 1.53 bits per heavy atom. The molecule has 0 radical (unpaired) electrons. The number of anilines is 1. The van der Waals surface area contributed by atoms with Crippen molar-refractivity contribution >= 4 is 27.5 Å². The summed E-state index contributed by atoms with van der Waals surface area (Å²) in [6.07, 6.45) is 1.36. The molecule has 1 aliphatic heterocycles. The topological polar surface area (TPSA) is 50.4 Å². The molecule has 0 spiro atoms. The minimum absolute atomic E-state index is 0.0235. The van der Waals surface area contributed by atoms with Gasteiger partial charge in [-0.3, -0.25) is 4.79 Å². The van der Waals surface area contributed by atoms with Crippen LogP contribution in [0.2, 0.25) is 0 Å². The van der Waals surface area contributed by atoms with Gasteiger partial charge in [-0.2, -0.15) is 0 Å². The van der Waals surface area contributed by atoms with Crippen LogP contribution in [-0.4, -0.2) is 31.7 Å². The molecule has 1 saturated heterocycles. The molecule has 1 fully saturated rings. The van der Waals surface area contributed by atoms with Gasteiger partial charge in [0.25, 0.3) is 0 Å². The van der Waals surface area contributed by atoms with Gasteiger partial charge >= 0.3 is 0 Å². The molecule has 4 nitrogen and oxygen atoms in total. The summed E-state index contributed by atoms with van der Waals surface area (Å²) in [5.41, 5.74) is 0.804. The van der Waals surface area contributed by atoms with Crippen molar-refractivity contribution in [1.82, 2.24) is 5.32 Å².